The predicted molar refractivity (Wildman–Crippen MR) is 91.1 cm³/mol. The SMILES string of the molecule is O=C(Nc1ccc(F)c(F)c1)c1cc(Nc2ccc(C(F)(F)F)cc2)ncn1. The summed E-state index contributed by atoms with van der Waals surface area (Å²) in [6.45, 7) is 0. The monoisotopic (exact) mass is 394 g/mol. The zero-order valence-electron chi connectivity index (χ0n) is 13.9. The van der Waals surface area contributed by atoms with E-state index in [1.807, 2.05) is 0 Å². The molecule has 144 valence electrons. The summed E-state index contributed by atoms with van der Waals surface area (Å²) in [6, 6.07) is 8.35. The van der Waals surface area contributed by atoms with Crippen LogP contribution in [0.3, 0.4) is 0 Å². The molecule has 0 saturated carbocycles. The lowest BCUT2D eigenvalue weighted by Crippen LogP contribution is -2.14. The van der Waals surface area contributed by atoms with E-state index in [2.05, 4.69) is 20.6 Å². The van der Waals surface area contributed by atoms with Crippen LogP contribution in [0.5, 0.6) is 0 Å². The minimum atomic E-state index is -4.45. The van der Waals surface area contributed by atoms with E-state index in [9.17, 15) is 26.7 Å². The number of alkyl halides is 3. The summed E-state index contributed by atoms with van der Waals surface area (Å²) in [4.78, 5) is 19.9. The molecule has 10 heteroatoms. The molecular formula is C18H11F5N4O. The summed E-state index contributed by atoms with van der Waals surface area (Å²) < 4.78 is 63.9. The first-order chi connectivity index (χ1) is 13.2. The highest BCUT2D eigenvalue weighted by Crippen LogP contribution is 2.30. The summed E-state index contributed by atoms with van der Waals surface area (Å²) in [6.07, 6.45) is -3.37. The van der Waals surface area contributed by atoms with Crippen molar-refractivity contribution in [1.29, 1.82) is 0 Å². The van der Waals surface area contributed by atoms with E-state index in [-0.39, 0.29) is 17.2 Å². The molecule has 1 heterocycles. The van der Waals surface area contributed by atoms with Crippen LogP contribution in [-0.4, -0.2) is 15.9 Å². The highest BCUT2D eigenvalue weighted by Gasteiger charge is 2.29. The molecule has 0 spiro atoms. The average molecular weight is 394 g/mol. The van der Waals surface area contributed by atoms with Crippen LogP contribution in [-0.2, 0) is 6.18 Å². The van der Waals surface area contributed by atoms with Crippen LogP contribution >= 0.6 is 0 Å². The van der Waals surface area contributed by atoms with Gasteiger partial charge in [0.05, 0.1) is 5.56 Å². The third-order valence-corrected chi connectivity index (χ3v) is 3.56. The van der Waals surface area contributed by atoms with Gasteiger partial charge in [-0.05, 0) is 36.4 Å². The Bertz CT molecular complexity index is 1010. The molecule has 1 aromatic heterocycles. The molecule has 0 fully saturated rings. The first-order valence-corrected chi connectivity index (χ1v) is 7.75. The minimum absolute atomic E-state index is 0.0276. The van der Waals surface area contributed by atoms with Gasteiger partial charge in [0, 0.05) is 23.5 Å². The first-order valence-electron chi connectivity index (χ1n) is 7.75. The van der Waals surface area contributed by atoms with Crippen molar-refractivity contribution in [2.75, 3.05) is 10.6 Å². The maximum Gasteiger partial charge on any atom is 0.416 e. The third-order valence-electron chi connectivity index (χ3n) is 3.56. The van der Waals surface area contributed by atoms with Gasteiger partial charge in [-0.15, -0.1) is 0 Å². The molecule has 0 saturated heterocycles. The maximum absolute atomic E-state index is 13.2. The van der Waals surface area contributed by atoms with Crippen LogP contribution in [0.25, 0.3) is 0 Å². The minimum Gasteiger partial charge on any atom is -0.340 e. The second kappa shape index (κ2) is 7.59. The van der Waals surface area contributed by atoms with E-state index in [0.717, 1.165) is 30.6 Å². The number of benzene rings is 2. The largest absolute Gasteiger partial charge is 0.416 e. The second-order valence-corrected chi connectivity index (χ2v) is 5.57. The molecule has 3 aromatic rings. The molecule has 1 amide bonds. The highest BCUT2D eigenvalue weighted by molar-refractivity contribution is 6.03. The van der Waals surface area contributed by atoms with Crippen LogP contribution in [0.1, 0.15) is 16.1 Å². The fourth-order valence-electron chi connectivity index (χ4n) is 2.21. The van der Waals surface area contributed by atoms with Crippen molar-refractivity contribution in [3.63, 3.8) is 0 Å². The molecule has 28 heavy (non-hydrogen) atoms. The van der Waals surface area contributed by atoms with Crippen molar-refractivity contribution in [2.45, 2.75) is 6.18 Å². The number of anilines is 3. The van der Waals surface area contributed by atoms with Gasteiger partial charge in [-0.3, -0.25) is 4.79 Å². The van der Waals surface area contributed by atoms with Crippen molar-refractivity contribution < 1.29 is 26.7 Å². The van der Waals surface area contributed by atoms with Crippen LogP contribution in [0.4, 0.5) is 39.1 Å². The summed E-state index contributed by atoms with van der Waals surface area (Å²) in [5.41, 5.74) is -0.542. The molecule has 0 bridgehead atoms. The molecule has 0 unspecified atom stereocenters. The number of hydrogen-bond donors (Lipinski definition) is 2. The molecule has 0 atom stereocenters. The topological polar surface area (TPSA) is 66.9 Å². The van der Waals surface area contributed by atoms with Gasteiger partial charge in [0.15, 0.2) is 11.6 Å². The molecule has 0 aliphatic rings. The van der Waals surface area contributed by atoms with Gasteiger partial charge in [-0.1, -0.05) is 0 Å². The van der Waals surface area contributed by atoms with Crippen molar-refractivity contribution >= 4 is 23.1 Å². The second-order valence-electron chi connectivity index (χ2n) is 5.57. The Morgan fingerprint density at radius 1 is 0.857 bits per heavy atom. The number of halogens is 5. The van der Waals surface area contributed by atoms with E-state index < -0.39 is 29.3 Å². The van der Waals surface area contributed by atoms with Crippen LogP contribution in [0, 0.1) is 11.6 Å². The van der Waals surface area contributed by atoms with Gasteiger partial charge in [-0.2, -0.15) is 13.2 Å². The van der Waals surface area contributed by atoms with E-state index in [0.29, 0.717) is 5.69 Å². The molecule has 0 aliphatic carbocycles. The summed E-state index contributed by atoms with van der Waals surface area (Å²) in [5.74, 6) is -2.72. The normalized spacial score (nSPS) is 11.2. The molecule has 3 rings (SSSR count). The van der Waals surface area contributed by atoms with Gasteiger partial charge in [-0.25, -0.2) is 18.7 Å². The number of carbonyl (C=O) groups excluding carboxylic acids is 1. The fraction of sp³-hybridized carbons (Fsp3) is 0.0556. The number of amides is 1. The molecule has 0 radical (unpaired) electrons. The molecule has 2 aromatic carbocycles. The molecule has 2 N–H and O–H groups in total. The van der Waals surface area contributed by atoms with Gasteiger partial charge in [0.25, 0.3) is 5.91 Å². The van der Waals surface area contributed by atoms with Crippen LogP contribution < -0.4 is 10.6 Å². The first kappa shape index (κ1) is 19.2. The number of nitrogens with zero attached hydrogens (tertiary/aromatic N) is 2. The smallest absolute Gasteiger partial charge is 0.340 e. The van der Waals surface area contributed by atoms with E-state index in [4.69, 9.17) is 0 Å². The summed E-state index contributed by atoms with van der Waals surface area (Å²) >= 11 is 0. The van der Waals surface area contributed by atoms with Crippen LogP contribution in [0.2, 0.25) is 0 Å². The van der Waals surface area contributed by atoms with E-state index >= 15 is 0 Å². The average Bonchev–Trinajstić information content (AvgIpc) is 2.65. The lowest BCUT2D eigenvalue weighted by atomic mass is 10.2. The molecule has 0 aliphatic heterocycles. The van der Waals surface area contributed by atoms with Gasteiger partial charge >= 0.3 is 6.18 Å². The quantitative estimate of drug-likeness (QED) is 0.626. The van der Waals surface area contributed by atoms with Gasteiger partial charge < -0.3 is 10.6 Å². The van der Waals surface area contributed by atoms with Crippen molar-refractivity contribution in [2.24, 2.45) is 0 Å². The Balaban J connectivity index is 1.72. The zero-order chi connectivity index (χ0) is 20.3. The Hall–Kier alpha value is -3.56. The number of hydrogen-bond acceptors (Lipinski definition) is 4. The van der Waals surface area contributed by atoms with Crippen LogP contribution in [0.15, 0.2) is 54.9 Å². The Morgan fingerprint density at radius 2 is 1.54 bits per heavy atom. The Morgan fingerprint density at radius 3 is 2.18 bits per heavy atom. The Labute approximate surface area is 155 Å². The highest BCUT2D eigenvalue weighted by atomic mass is 19.4. The summed E-state index contributed by atoms with van der Waals surface area (Å²) in [7, 11) is 0. The lowest BCUT2D eigenvalue weighted by molar-refractivity contribution is -0.137. The van der Waals surface area contributed by atoms with Gasteiger partial charge in [0.1, 0.15) is 17.8 Å². The number of nitrogens with one attached hydrogen (secondary N) is 2. The number of aromatic nitrogens is 2. The molecule has 5 nitrogen and oxygen atoms in total. The van der Waals surface area contributed by atoms with Crippen molar-refractivity contribution in [3.8, 4) is 0 Å². The molecular weight excluding hydrogens is 383 g/mol. The van der Waals surface area contributed by atoms with Gasteiger partial charge in [0.2, 0.25) is 0 Å². The van der Waals surface area contributed by atoms with E-state index in [1.54, 1.807) is 0 Å². The van der Waals surface area contributed by atoms with Crippen molar-refractivity contribution in [3.05, 3.63) is 77.8 Å². The predicted octanol–water partition coefficient (Wildman–Crippen LogP) is 4.77. The number of rotatable bonds is 4. The zero-order valence-corrected chi connectivity index (χ0v) is 13.9. The third kappa shape index (κ3) is 4.58. The Kier molecular flexibility index (Phi) is 5.21. The maximum atomic E-state index is 13.2. The van der Waals surface area contributed by atoms with Crippen molar-refractivity contribution in [1.82, 2.24) is 9.97 Å². The fourth-order valence-corrected chi connectivity index (χ4v) is 2.21. The number of carbonyl (C=O) groups is 1. The standard InChI is InChI=1S/C18H11F5N4O/c19-13-6-5-12(7-14(13)20)27-17(28)15-8-16(25-9-24-15)26-11-3-1-10(2-4-11)18(21,22)23/h1-9H,(H,27,28)(H,24,25,26). The lowest BCUT2D eigenvalue weighted by Gasteiger charge is -2.10. The van der Waals surface area contributed by atoms with E-state index in [1.165, 1.54) is 24.3 Å². The summed E-state index contributed by atoms with van der Waals surface area (Å²) in [5, 5.41) is 5.10.